The average Bonchev–Trinajstić information content (AvgIpc) is 3.19. The minimum atomic E-state index is -4.04. The largest absolute Gasteiger partial charge is 0.299 e. The molecule has 5 rings (SSSR count). The lowest BCUT2D eigenvalue weighted by atomic mass is 10.0. The Morgan fingerprint density at radius 1 is 0.895 bits per heavy atom. The number of anilines is 1. The fourth-order valence-electron chi connectivity index (χ4n) is 5.30. The summed E-state index contributed by atoms with van der Waals surface area (Å²) in [7, 11) is -4.04. The van der Waals surface area contributed by atoms with Gasteiger partial charge in [-0.2, -0.15) is 4.31 Å². The second-order valence-electron chi connectivity index (χ2n) is 9.90. The lowest BCUT2D eigenvalue weighted by Crippen LogP contribution is -2.53. The minimum absolute atomic E-state index is 0.136. The monoisotopic (exact) mass is 595 g/mol. The van der Waals surface area contributed by atoms with Gasteiger partial charge in [-0.25, -0.2) is 13.3 Å². The summed E-state index contributed by atoms with van der Waals surface area (Å²) in [5.74, 6) is -0.896. The van der Waals surface area contributed by atoms with Crippen molar-refractivity contribution in [1.82, 2.24) is 9.21 Å². The van der Waals surface area contributed by atoms with Crippen LogP contribution >= 0.6 is 15.9 Å². The van der Waals surface area contributed by atoms with Crippen molar-refractivity contribution in [2.75, 3.05) is 18.0 Å². The summed E-state index contributed by atoms with van der Waals surface area (Å²) in [6.45, 7) is 4.08. The van der Waals surface area contributed by atoms with E-state index in [4.69, 9.17) is 0 Å². The molecular formula is C29H30BrN3O4S. The number of amides is 2. The number of hydrogen-bond acceptors (Lipinski definition) is 5. The first kappa shape index (κ1) is 26.7. The van der Waals surface area contributed by atoms with Gasteiger partial charge in [0.15, 0.2) is 0 Å². The van der Waals surface area contributed by atoms with Crippen LogP contribution in [0.3, 0.4) is 0 Å². The third kappa shape index (κ3) is 5.47. The first-order valence-corrected chi connectivity index (χ1v) is 15.0. The standard InChI is InChI=1S/C29H30BrN3O4S/c1-21-7-13-26(14-8-21)38(36,37)33(25-15-17-31(18-16-25)20-22-5-3-2-4-6-22)27-19-28(34)32(29(27)35)24-11-9-23(30)10-12-24/h2-14,25,27H,15-20H2,1H3. The van der Waals surface area contributed by atoms with Crippen molar-refractivity contribution in [1.29, 1.82) is 0 Å². The molecule has 2 aliphatic heterocycles. The first-order valence-electron chi connectivity index (χ1n) is 12.7. The van der Waals surface area contributed by atoms with E-state index in [1.54, 1.807) is 48.5 Å². The maximum Gasteiger partial charge on any atom is 0.252 e. The number of hydrogen-bond donors (Lipinski definition) is 0. The maximum atomic E-state index is 14.1. The quantitative estimate of drug-likeness (QED) is 0.368. The molecule has 38 heavy (non-hydrogen) atoms. The van der Waals surface area contributed by atoms with Crippen LogP contribution in [-0.2, 0) is 26.2 Å². The number of benzene rings is 3. The summed E-state index contributed by atoms with van der Waals surface area (Å²) < 4.78 is 30.3. The molecule has 3 aromatic carbocycles. The topological polar surface area (TPSA) is 78.0 Å². The third-order valence-electron chi connectivity index (χ3n) is 7.28. The molecule has 1 unspecified atom stereocenters. The fourth-order valence-corrected chi connectivity index (χ4v) is 7.39. The molecule has 2 saturated heterocycles. The van der Waals surface area contributed by atoms with Gasteiger partial charge >= 0.3 is 0 Å². The molecule has 0 N–H and O–H groups in total. The van der Waals surface area contributed by atoms with E-state index in [0.29, 0.717) is 31.6 Å². The number of carbonyl (C=O) groups excluding carboxylic acids is 2. The summed E-state index contributed by atoms with van der Waals surface area (Å²) in [4.78, 5) is 30.4. The molecule has 7 nitrogen and oxygen atoms in total. The van der Waals surface area contributed by atoms with E-state index in [9.17, 15) is 18.0 Å². The highest BCUT2D eigenvalue weighted by molar-refractivity contribution is 9.10. The van der Waals surface area contributed by atoms with E-state index < -0.39 is 27.9 Å². The van der Waals surface area contributed by atoms with Gasteiger partial charge in [0.1, 0.15) is 6.04 Å². The van der Waals surface area contributed by atoms with Crippen LogP contribution in [-0.4, -0.2) is 54.6 Å². The SMILES string of the molecule is Cc1ccc(S(=O)(=O)N(C2CCN(Cc3ccccc3)CC2)C2CC(=O)N(c3ccc(Br)cc3)C2=O)cc1. The molecule has 0 spiro atoms. The van der Waals surface area contributed by atoms with Crippen LogP contribution in [0.4, 0.5) is 5.69 Å². The number of likely N-dealkylation sites (tertiary alicyclic amines) is 1. The lowest BCUT2D eigenvalue weighted by molar-refractivity contribution is -0.122. The van der Waals surface area contributed by atoms with Crippen molar-refractivity contribution >= 4 is 43.5 Å². The van der Waals surface area contributed by atoms with Crippen LogP contribution in [0.25, 0.3) is 0 Å². The van der Waals surface area contributed by atoms with Crippen molar-refractivity contribution in [3.8, 4) is 0 Å². The van der Waals surface area contributed by atoms with Crippen LogP contribution in [0.15, 0.2) is 88.2 Å². The Hall–Kier alpha value is -2.85. The first-order chi connectivity index (χ1) is 18.2. The van der Waals surface area contributed by atoms with Crippen molar-refractivity contribution < 1.29 is 18.0 Å². The molecule has 0 aromatic heterocycles. The summed E-state index contributed by atoms with van der Waals surface area (Å²) in [6.07, 6.45) is 0.979. The third-order valence-corrected chi connectivity index (χ3v) is 9.78. The van der Waals surface area contributed by atoms with Crippen molar-refractivity contribution in [3.63, 3.8) is 0 Å². The van der Waals surface area contributed by atoms with E-state index in [-0.39, 0.29) is 17.4 Å². The van der Waals surface area contributed by atoms with Crippen LogP contribution in [0.5, 0.6) is 0 Å². The predicted molar refractivity (Wildman–Crippen MR) is 150 cm³/mol. The maximum absolute atomic E-state index is 14.1. The molecule has 3 aromatic rings. The van der Waals surface area contributed by atoms with Gasteiger partial charge in [0.05, 0.1) is 17.0 Å². The molecule has 2 fully saturated rings. The highest BCUT2D eigenvalue weighted by Crippen LogP contribution is 2.34. The zero-order chi connectivity index (χ0) is 26.9. The highest BCUT2D eigenvalue weighted by Gasteiger charge is 2.49. The number of halogens is 1. The van der Waals surface area contributed by atoms with E-state index in [1.807, 2.05) is 25.1 Å². The molecule has 0 saturated carbocycles. The van der Waals surface area contributed by atoms with Gasteiger partial charge in [0.2, 0.25) is 15.9 Å². The molecule has 2 heterocycles. The average molecular weight is 597 g/mol. The zero-order valence-corrected chi connectivity index (χ0v) is 23.6. The Morgan fingerprint density at radius 2 is 1.53 bits per heavy atom. The van der Waals surface area contributed by atoms with Crippen molar-refractivity contribution in [2.45, 2.75) is 49.7 Å². The Kier molecular flexibility index (Phi) is 7.81. The number of imide groups is 1. The molecule has 0 bridgehead atoms. The number of sulfonamides is 1. The molecule has 2 aliphatic rings. The van der Waals surface area contributed by atoms with Crippen LogP contribution in [0.1, 0.15) is 30.4 Å². The molecule has 1 atom stereocenters. The van der Waals surface area contributed by atoms with Gasteiger partial charge < -0.3 is 0 Å². The Balaban J connectivity index is 1.43. The molecular weight excluding hydrogens is 566 g/mol. The molecule has 2 amide bonds. The lowest BCUT2D eigenvalue weighted by Gasteiger charge is -2.39. The van der Waals surface area contributed by atoms with Gasteiger partial charge in [-0.05, 0) is 61.7 Å². The molecule has 9 heteroatoms. The number of rotatable bonds is 7. The summed E-state index contributed by atoms with van der Waals surface area (Å²) in [6, 6.07) is 22.3. The second-order valence-corrected chi connectivity index (χ2v) is 12.7. The van der Waals surface area contributed by atoms with E-state index in [1.165, 1.54) is 9.87 Å². The van der Waals surface area contributed by atoms with Crippen LogP contribution in [0, 0.1) is 6.92 Å². The number of aryl methyl sites for hydroxylation is 1. The zero-order valence-electron chi connectivity index (χ0n) is 21.2. The van der Waals surface area contributed by atoms with Gasteiger partial charge in [-0.15, -0.1) is 0 Å². The van der Waals surface area contributed by atoms with Gasteiger partial charge in [0.25, 0.3) is 5.91 Å². The van der Waals surface area contributed by atoms with Gasteiger partial charge in [-0.1, -0.05) is 64.0 Å². The molecule has 0 aliphatic carbocycles. The van der Waals surface area contributed by atoms with E-state index in [2.05, 4.69) is 33.0 Å². The minimum Gasteiger partial charge on any atom is -0.299 e. The molecule has 0 radical (unpaired) electrons. The van der Waals surface area contributed by atoms with Crippen LogP contribution < -0.4 is 4.90 Å². The number of carbonyl (C=O) groups is 2. The summed E-state index contributed by atoms with van der Waals surface area (Å²) in [5, 5.41) is 0. The Labute approximate surface area is 232 Å². The van der Waals surface area contributed by atoms with E-state index >= 15 is 0 Å². The normalized spacial score (nSPS) is 19.4. The Bertz CT molecular complexity index is 1400. The number of nitrogens with zero attached hydrogens (tertiary/aromatic N) is 3. The smallest absolute Gasteiger partial charge is 0.252 e. The second kappa shape index (κ2) is 11.1. The Morgan fingerprint density at radius 3 is 2.16 bits per heavy atom. The molecule has 198 valence electrons. The van der Waals surface area contributed by atoms with Crippen molar-refractivity contribution in [2.24, 2.45) is 0 Å². The van der Waals surface area contributed by atoms with Gasteiger partial charge in [-0.3, -0.25) is 14.5 Å². The number of piperidine rings is 1. The fraction of sp³-hybridized carbons (Fsp3) is 0.310. The van der Waals surface area contributed by atoms with Crippen molar-refractivity contribution in [3.05, 3.63) is 94.5 Å². The van der Waals surface area contributed by atoms with Crippen LogP contribution in [0.2, 0.25) is 0 Å². The highest BCUT2D eigenvalue weighted by atomic mass is 79.9. The predicted octanol–water partition coefficient (Wildman–Crippen LogP) is 4.74. The van der Waals surface area contributed by atoms with Gasteiger partial charge in [0, 0.05) is 30.1 Å². The summed E-state index contributed by atoms with van der Waals surface area (Å²) in [5.41, 5.74) is 2.59. The van der Waals surface area contributed by atoms with E-state index in [0.717, 1.165) is 21.5 Å². The summed E-state index contributed by atoms with van der Waals surface area (Å²) >= 11 is 3.37.